The minimum atomic E-state index is -0.508. The summed E-state index contributed by atoms with van der Waals surface area (Å²) in [6.45, 7) is 6.49. The summed E-state index contributed by atoms with van der Waals surface area (Å²) in [4.78, 5) is 41.1. The number of oxazole rings is 1. The van der Waals surface area contributed by atoms with E-state index in [4.69, 9.17) is 4.42 Å². The van der Waals surface area contributed by atoms with Crippen LogP contribution in [0.1, 0.15) is 59.0 Å². The van der Waals surface area contributed by atoms with Gasteiger partial charge in [-0.15, -0.1) is 0 Å². The van der Waals surface area contributed by atoms with E-state index in [1.165, 1.54) is 17.2 Å². The second-order valence-corrected chi connectivity index (χ2v) is 6.37. The zero-order chi connectivity index (χ0) is 20.7. The molecule has 1 aromatic carbocycles. The molecular weight excluding hydrogens is 364 g/mol. The van der Waals surface area contributed by atoms with Gasteiger partial charge < -0.3 is 14.6 Å². The molecule has 0 fully saturated rings. The lowest BCUT2D eigenvalue weighted by molar-refractivity contribution is -0.385. The fourth-order valence-corrected chi connectivity index (χ4v) is 2.62. The highest BCUT2D eigenvalue weighted by atomic mass is 16.6. The number of carbonyl (C=O) groups is 2. The summed E-state index contributed by atoms with van der Waals surface area (Å²) in [5.41, 5.74) is 0.754. The highest BCUT2D eigenvalue weighted by molar-refractivity contribution is 5.95. The maximum absolute atomic E-state index is 12.9. The average Bonchev–Trinajstić information content (AvgIpc) is 3.14. The number of nitro benzene ring substituents is 1. The van der Waals surface area contributed by atoms with Crippen molar-refractivity contribution in [2.24, 2.45) is 0 Å². The molecule has 0 spiro atoms. The summed E-state index contributed by atoms with van der Waals surface area (Å²) >= 11 is 0. The molecule has 0 bridgehead atoms. The van der Waals surface area contributed by atoms with Gasteiger partial charge in [-0.05, 0) is 25.8 Å². The van der Waals surface area contributed by atoms with Gasteiger partial charge in [0.1, 0.15) is 6.26 Å². The molecule has 0 aliphatic rings. The molecule has 2 rings (SSSR count). The molecular formula is C19H24N4O5. The van der Waals surface area contributed by atoms with E-state index in [2.05, 4.69) is 10.3 Å². The van der Waals surface area contributed by atoms with Gasteiger partial charge in [-0.2, -0.15) is 0 Å². The van der Waals surface area contributed by atoms with Crippen molar-refractivity contribution in [2.45, 2.75) is 40.2 Å². The van der Waals surface area contributed by atoms with Gasteiger partial charge in [0, 0.05) is 30.3 Å². The van der Waals surface area contributed by atoms with Gasteiger partial charge in [0.05, 0.1) is 11.5 Å². The normalized spacial score (nSPS) is 10.5. The Morgan fingerprint density at radius 1 is 1.29 bits per heavy atom. The van der Waals surface area contributed by atoms with E-state index in [1.54, 1.807) is 19.1 Å². The number of nitro groups is 1. The van der Waals surface area contributed by atoms with Crippen LogP contribution in [0, 0.1) is 17.0 Å². The second kappa shape index (κ2) is 9.63. The molecule has 9 nitrogen and oxygen atoms in total. The molecule has 150 valence electrons. The molecule has 9 heteroatoms. The van der Waals surface area contributed by atoms with Crippen LogP contribution in [-0.4, -0.2) is 39.7 Å². The highest BCUT2D eigenvalue weighted by Crippen LogP contribution is 2.21. The van der Waals surface area contributed by atoms with Gasteiger partial charge in [-0.25, -0.2) is 4.98 Å². The molecule has 0 atom stereocenters. The standard InChI is InChI=1S/C19H24N4O5/c1-4-8-20-18(24)15-12-28-17(21-15)11-22(9-5-2)19(25)14-7-6-13(3)16(10-14)23(26)27/h6-7,10,12H,4-5,8-9,11H2,1-3H3,(H,20,24). The van der Waals surface area contributed by atoms with Gasteiger partial charge >= 0.3 is 0 Å². The van der Waals surface area contributed by atoms with Crippen molar-refractivity contribution < 1.29 is 18.9 Å². The minimum absolute atomic E-state index is 0.0649. The minimum Gasteiger partial charge on any atom is -0.446 e. The number of nitrogens with zero attached hydrogens (tertiary/aromatic N) is 3. The van der Waals surface area contributed by atoms with Crippen LogP contribution in [-0.2, 0) is 6.54 Å². The fraction of sp³-hybridized carbons (Fsp3) is 0.421. The van der Waals surface area contributed by atoms with E-state index < -0.39 is 4.92 Å². The smallest absolute Gasteiger partial charge is 0.273 e. The third-order valence-electron chi connectivity index (χ3n) is 4.08. The third kappa shape index (κ3) is 5.15. The predicted octanol–water partition coefficient (Wildman–Crippen LogP) is 3.08. The van der Waals surface area contributed by atoms with Crippen molar-refractivity contribution in [1.29, 1.82) is 0 Å². The molecule has 0 aliphatic carbocycles. The van der Waals surface area contributed by atoms with Crippen LogP contribution < -0.4 is 5.32 Å². The van der Waals surface area contributed by atoms with Crippen molar-refractivity contribution >= 4 is 17.5 Å². The molecule has 0 saturated carbocycles. The SMILES string of the molecule is CCCNC(=O)c1coc(CN(CCC)C(=O)c2ccc(C)c([N+](=O)[O-])c2)n1. The van der Waals surface area contributed by atoms with Crippen LogP contribution in [0.15, 0.2) is 28.9 Å². The third-order valence-corrected chi connectivity index (χ3v) is 4.08. The Labute approximate surface area is 162 Å². The zero-order valence-electron chi connectivity index (χ0n) is 16.2. The topological polar surface area (TPSA) is 119 Å². The van der Waals surface area contributed by atoms with Gasteiger partial charge in [0.2, 0.25) is 5.89 Å². The number of aryl methyl sites for hydroxylation is 1. The van der Waals surface area contributed by atoms with Crippen LogP contribution in [0.25, 0.3) is 0 Å². The molecule has 0 unspecified atom stereocenters. The molecule has 2 amide bonds. The Balaban J connectivity index is 2.18. The molecule has 0 radical (unpaired) electrons. The summed E-state index contributed by atoms with van der Waals surface area (Å²) in [6, 6.07) is 4.39. The van der Waals surface area contributed by atoms with E-state index >= 15 is 0 Å². The molecule has 0 saturated heterocycles. The number of hydrogen-bond acceptors (Lipinski definition) is 6. The molecule has 2 aromatic rings. The van der Waals surface area contributed by atoms with Crippen LogP contribution >= 0.6 is 0 Å². The molecule has 1 heterocycles. The number of carbonyl (C=O) groups excluding carboxylic acids is 2. The first kappa shape index (κ1) is 21.1. The number of hydrogen-bond donors (Lipinski definition) is 1. The van der Waals surface area contributed by atoms with E-state index in [-0.39, 0.29) is 41.2 Å². The lowest BCUT2D eigenvalue weighted by Gasteiger charge is -2.20. The molecule has 1 aromatic heterocycles. The van der Waals surface area contributed by atoms with Crippen LogP contribution in [0.2, 0.25) is 0 Å². The van der Waals surface area contributed by atoms with Crippen LogP contribution in [0.4, 0.5) is 5.69 Å². The quantitative estimate of drug-likeness (QED) is 0.521. The van der Waals surface area contributed by atoms with E-state index in [0.29, 0.717) is 25.1 Å². The van der Waals surface area contributed by atoms with Gasteiger partial charge in [0.15, 0.2) is 5.69 Å². The lowest BCUT2D eigenvalue weighted by Crippen LogP contribution is -2.31. The van der Waals surface area contributed by atoms with Crippen molar-refractivity contribution in [2.75, 3.05) is 13.1 Å². The van der Waals surface area contributed by atoms with Crippen molar-refractivity contribution in [3.8, 4) is 0 Å². The summed E-state index contributed by atoms with van der Waals surface area (Å²) < 4.78 is 5.34. The van der Waals surface area contributed by atoms with Crippen LogP contribution in [0.3, 0.4) is 0 Å². The number of aromatic nitrogens is 1. The van der Waals surface area contributed by atoms with Gasteiger partial charge in [0.25, 0.3) is 17.5 Å². The molecule has 28 heavy (non-hydrogen) atoms. The van der Waals surface area contributed by atoms with E-state index in [1.807, 2.05) is 13.8 Å². The number of rotatable bonds is 9. The van der Waals surface area contributed by atoms with Crippen LogP contribution in [0.5, 0.6) is 0 Å². The largest absolute Gasteiger partial charge is 0.446 e. The van der Waals surface area contributed by atoms with Crippen molar-refractivity contribution in [3.63, 3.8) is 0 Å². The lowest BCUT2D eigenvalue weighted by atomic mass is 10.1. The fourth-order valence-electron chi connectivity index (χ4n) is 2.62. The Morgan fingerprint density at radius 3 is 2.68 bits per heavy atom. The zero-order valence-corrected chi connectivity index (χ0v) is 16.2. The maximum atomic E-state index is 12.9. The molecule has 0 aliphatic heterocycles. The first-order valence-corrected chi connectivity index (χ1v) is 9.14. The highest BCUT2D eigenvalue weighted by Gasteiger charge is 2.22. The molecule has 1 N–H and O–H groups in total. The Hall–Kier alpha value is -3.23. The Bertz CT molecular complexity index is 862. The van der Waals surface area contributed by atoms with E-state index in [0.717, 1.165) is 6.42 Å². The second-order valence-electron chi connectivity index (χ2n) is 6.37. The average molecular weight is 388 g/mol. The van der Waals surface area contributed by atoms with Gasteiger partial charge in [-0.1, -0.05) is 19.9 Å². The number of benzene rings is 1. The monoisotopic (exact) mass is 388 g/mol. The maximum Gasteiger partial charge on any atom is 0.273 e. The van der Waals surface area contributed by atoms with Gasteiger partial charge in [-0.3, -0.25) is 19.7 Å². The number of nitrogens with one attached hydrogen (secondary N) is 1. The Morgan fingerprint density at radius 2 is 2.04 bits per heavy atom. The van der Waals surface area contributed by atoms with E-state index in [9.17, 15) is 19.7 Å². The summed E-state index contributed by atoms with van der Waals surface area (Å²) in [7, 11) is 0. The Kier molecular flexibility index (Phi) is 7.25. The first-order chi connectivity index (χ1) is 13.4. The summed E-state index contributed by atoms with van der Waals surface area (Å²) in [5.74, 6) is -0.468. The predicted molar refractivity (Wildman–Crippen MR) is 102 cm³/mol. The summed E-state index contributed by atoms with van der Waals surface area (Å²) in [6.07, 6.45) is 2.74. The number of amides is 2. The van der Waals surface area contributed by atoms with Crippen molar-refractivity contribution in [1.82, 2.24) is 15.2 Å². The summed E-state index contributed by atoms with van der Waals surface area (Å²) in [5, 5.41) is 13.8. The van der Waals surface area contributed by atoms with Crippen molar-refractivity contribution in [3.05, 3.63) is 57.3 Å². The first-order valence-electron chi connectivity index (χ1n) is 9.14.